The number of nitrogen functional groups attached to an aromatic ring is 1. The molecule has 0 amide bonds. The van der Waals surface area contributed by atoms with Crippen LogP contribution in [-0.2, 0) is 0 Å². The van der Waals surface area contributed by atoms with Crippen molar-refractivity contribution >= 4 is 17.6 Å². The highest BCUT2D eigenvalue weighted by Crippen LogP contribution is 2.18. The zero-order chi connectivity index (χ0) is 13.9. The van der Waals surface area contributed by atoms with Gasteiger partial charge in [0, 0.05) is 18.1 Å². The number of nitrogens with zero attached hydrogens (tertiary/aromatic N) is 5. The van der Waals surface area contributed by atoms with Crippen LogP contribution in [0, 0.1) is 6.92 Å². The predicted octanol–water partition coefficient (Wildman–Crippen LogP) is 1.69. The van der Waals surface area contributed by atoms with Crippen LogP contribution in [0.2, 0.25) is 0 Å². The third-order valence-electron chi connectivity index (χ3n) is 2.77. The largest absolute Gasteiger partial charge is 0.368 e. The molecule has 0 saturated heterocycles. The fraction of sp³-hybridized carbons (Fsp3) is 0.0769. The molecule has 3 aromatic rings. The van der Waals surface area contributed by atoms with Crippen LogP contribution in [0.3, 0.4) is 0 Å². The van der Waals surface area contributed by atoms with E-state index in [1.807, 2.05) is 31.2 Å². The molecule has 0 aliphatic heterocycles. The first-order valence-corrected chi connectivity index (χ1v) is 6.05. The number of para-hydroxylation sites is 1. The lowest BCUT2D eigenvalue weighted by atomic mass is 10.2. The average Bonchev–Trinajstić information content (AvgIpc) is 2.95. The monoisotopic (exact) mass is 267 g/mol. The lowest BCUT2D eigenvalue weighted by Crippen LogP contribution is -2.08. The maximum Gasteiger partial charge on any atom is 0.241 e. The van der Waals surface area contributed by atoms with E-state index in [-0.39, 0.29) is 5.95 Å². The number of nitrogens with two attached hydrogens (primary N) is 1. The fourth-order valence-corrected chi connectivity index (χ4v) is 1.76. The molecule has 0 spiro atoms. The van der Waals surface area contributed by atoms with Gasteiger partial charge in [0.15, 0.2) is 0 Å². The second-order valence-corrected chi connectivity index (χ2v) is 4.23. The van der Waals surface area contributed by atoms with E-state index >= 15 is 0 Å². The molecule has 0 saturated carbocycles. The number of imidazole rings is 1. The van der Waals surface area contributed by atoms with Crippen LogP contribution < -0.4 is 11.1 Å². The third-order valence-corrected chi connectivity index (χ3v) is 2.77. The van der Waals surface area contributed by atoms with Crippen LogP contribution in [0.1, 0.15) is 5.56 Å². The molecule has 0 atom stereocenters. The molecule has 0 aliphatic carbocycles. The van der Waals surface area contributed by atoms with Gasteiger partial charge in [-0.3, -0.25) is 4.57 Å². The van der Waals surface area contributed by atoms with E-state index in [4.69, 9.17) is 5.73 Å². The van der Waals surface area contributed by atoms with Gasteiger partial charge in [-0.15, -0.1) is 0 Å². The average molecular weight is 267 g/mol. The van der Waals surface area contributed by atoms with Gasteiger partial charge in [0.2, 0.25) is 17.8 Å². The minimum Gasteiger partial charge on any atom is -0.368 e. The van der Waals surface area contributed by atoms with Gasteiger partial charge < -0.3 is 11.1 Å². The summed E-state index contributed by atoms with van der Waals surface area (Å²) in [6.07, 6.45) is 4.99. The Morgan fingerprint density at radius 1 is 1.15 bits per heavy atom. The van der Waals surface area contributed by atoms with Gasteiger partial charge >= 0.3 is 0 Å². The van der Waals surface area contributed by atoms with Crippen LogP contribution in [-0.4, -0.2) is 24.5 Å². The first-order valence-electron chi connectivity index (χ1n) is 6.05. The summed E-state index contributed by atoms with van der Waals surface area (Å²) in [7, 11) is 0. The summed E-state index contributed by atoms with van der Waals surface area (Å²) < 4.78 is 1.67. The molecule has 2 heterocycles. The summed E-state index contributed by atoms with van der Waals surface area (Å²) in [6, 6.07) is 7.87. The molecular formula is C13H13N7. The molecule has 0 aliphatic rings. The van der Waals surface area contributed by atoms with Gasteiger partial charge in [-0.25, -0.2) is 4.98 Å². The minimum atomic E-state index is 0.153. The van der Waals surface area contributed by atoms with E-state index < -0.39 is 0 Å². The first kappa shape index (κ1) is 12.1. The van der Waals surface area contributed by atoms with Crippen LogP contribution in [0.15, 0.2) is 43.0 Å². The number of rotatable bonds is 3. The molecular weight excluding hydrogens is 254 g/mol. The molecule has 3 rings (SSSR count). The highest BCUT2D eigenvalue weighted by Gasteiger charge is 2.07. The number of nitrogens with one attached hydrogen (secondary N) is 1. The van der Waals surface area contributed by atoms with E-state index in [2.05, 4.69) is 25.3 Å². The van der Waals surface area contributed by atoms with Crippen molar-refractivity contribution in [3.8, 4) is 5.95 Å². The molecule has 100 valence electrons. The van der Waals surface area contributed by atoms with Crippen molar-refractivity contribution in [2.75, 3.05) is 11.1 Å². The molecule has 7 nitrogen and oxygen atoms in total. The second-order valence-electron chi connectivity index (χ2n) is 4.23. The van der Waals surface area contributed by atoms with E-state index in [9.17, 15) is 0 Å². The Hall–Kier alpha value is -2.96. The Morgan fingerprint density at radius 2 is 2.00 bits per heavy atom. The van der Waals surface area contributed by atoms with Crippen molar-refractivity contribution in [2.24, 2.45) is 0 Å². The van der Waals surface area contributed by atoms with Crippen molar-refractivity contribution in [3.05, 3.63) is 48.5 Å². The Morgan fingerprint density at radius 3 is 2.75 bits per heavy atom. The number of aryl methyl sites for hydroxylation is 1. The minimum absolute atomic E-state index is 0.153. The molecule has 20 heavy (non-hydrogen) atoms. The first-order chi connectivity index (χ1) is 9.72. The van der Waals surface area contributed by atoms with Gasteiger partial charge in [-0.05, 0) is 18.6 Å². The van der Waals surface area contributed by atoms with E-state index in [1.165, 1.54) is 0 Å². The summed E-state index contributed by atoms with van der Waals surface area (Å²) in [5.74, 6) is 0.973. The third kappa shape index (κ3) is 2.41. The molecule has 7 heteroatoms. The number of aromatic nitrogens is 5. The zero-order valence-corrected chi connectivity index (χ0v) is 10.9. The van der Waals surface area contributed by atoms with Crippen molar-refractivity contribution in [3.63, 3.8) is 0 Å². The Kier molecular flexibility index (Phi) is 3.00. The number of hydrogen-bond acceptors (Lipinski definition) is 6. The SMILES string of the molecule is Cc1ccccc1Nc1nc(N)nc(-n2ccnc2)n1. The Bertz CT molecular complexity index is 721. The topological polar surface area (TPSA) is 94.5 Å². The Balaban J connectivity index is 1.97. The van der Waals surface area contributed by atoms with Crippen LogP contribution in [0.5, 0.6) is 0 Å². The summed E-state index contributed by atoms with van der Waals surface area (Å²) >= 11 is 0. The standard InChI is InChI=1S/C13H13N7/c1-9-4-2-3-5-10(9)16-12-17-11(14)18-13(19-12)20-7-6-15-8-20/h2-8H,1H3,(H3,14,16,17,18,19). The number of anilines is 3. The molecule has 3 N–H and O–H groups in total. The van der Waals surface area contributed by atoms with Gasteiger partial charge in [-0.1, -0.05) is 18.2 Å². The van der Waals surface area contributed by atoms with E-state index in [1.54, 1.807) is 23.3 Å². The Labute approximate surface area is 115 Å². The maximum absolute atomic E-state index is 5.72. The van der Waals surface area contributed by atoms with E-state index in [0.29, 0.717) is 11.9 Å². The van der Waals surface area contributed by atoms with Crippen LogP contribution in [0.25, 0.3) is 5.95 Å². The maximum atomic E-state index is 5.72. The molecule has 0 fully saturated rings. The quantitative estimate of drug-likeness (QED) is 0.750. The van der Waals surface area contributed by atoms with Gasteiger partial charge in [0.1, 0.15) is 6.33 Å². The lowest BCUT2D eigenvalue weighted by molar-refractivity contribution is 0.906. The number of benzene rings is 1. The molecule has 0 radical (unpaired) electrons. The molecule has 0 bridgehead atoms. The summed E-state index contributed by atoms with van der Waals surface area (Å²) in [6.45, 7) is 2.00. The normalized spacial score (nSPS) is 10.4. The molecule has 2 aromatic heterocycles. The van der Waals surface area contributed by atoms with Crippen molar-refractivity contribution in [1.29, 1.82) is 0 Å². The van der Waals surface area contributed by atoms with Crippen molar-refractivity contribution in [2.45, 2.75) is 6.92 Å². The molecule has 1 aromatic carbocycles. The summed E-state index contributed by atoms with van der Waals surface area (Å²) in [4.78, 5) is 16.4. The highest BCUT2D eigenvalue weighted by molar-refractivity contribution is 5.58. The molecule has 0 unspecified atom stereocenters. The van der Waals surface area contributed by atoms with Crippen molar-refractivity contribution < 1.29 is 0 Å². The second kappa shape index (κ2) is 4.96. The fourth-order valence-electron chi connectivity index (χ4n) is 1.76. The zero-order valence-electron chi connectivity index (χ0n) is 10.9. The number of hydrogen-bond donors (Lipinski definition) is 2. The van der Waals surface area contributed by atoms with Gasteiger partial charge in [0.25, 0.3) is 0 Å². The highest BCUT2D eigenvalue weighted by atomic mass is 15.3. The lowest BCUT2D eigenvalue weighted by Gasteiger charge is -2.09. The predicted molar refractivity (Wildman–Crippen MR) is 75.8 cm³/mol. The van der Waals surface area contributed by atoms with Gasteiger partial charge in [0.05, 0.1) is 0 Å². The summed E-state index contributed by atoms with van der Waals surface area (Å²) in [5.41, 5.74) is 7.74. The van der Waals surface area contributed by atoms with Crippen LogP contribution >= 0.6 is 0 Å². The van der Waals surface area contributed by atoms with Crippen LogP contribution in [0.4, 0.5) is 17.6 Å². The van der Waals surface area contributed by atoms with Gasteiger partial charge in [-0.2, -0.15) is 15.0 Å². The van der Waals surface area contributed by atoms with E-state index in [0.717, 1.165) is 11.3 Å². The van der Waals surface area contributed by atoms with Crippen molar-refractivity contribution in [1.82, 2.24) is 24.5 Å². The smallest absolute Gasteiger partial charge is 0.241 e. The summed E-state index contributed by atoms with van der Waals surface area (Å²) in [5, 5.41) is 3.14.